The van der Waals surface area contributed by atoms with Gasteiger partial charge in [0.15, 0.2) is 0 Å². The fraction of sp³-hybridized carbons (Fsp3) is 0.550. The van der Waals surface area contributed by atoms with Crippen LogP contribution in [0.15, 0.2) is 29.3 Å². The summed E-state index contributed by atoms with van der Waals surface area (Å²) in [7, 11) is 0. The van der Waals surface area contributed by atoms with Gasteiger partial charge in [0.1, 0.15) is 5.92 Å². The predicted octanol–water partition coefficient (Wildman–Crippen LogP) is 2.36. The first-order chi connectivity index (χ1) is 13.5. The Kier molecular flexibility index (Phi) is 7.04. The fourth-order valence-corrected chi connectivity index (χ4v) is 3.84. The van der Waals surface area contributed by atoms with Crippen molar-refractivity contribution in [2.45, 2.75) is 19.9 Å². The number of amides is 2. The van der Waals surface area contributed by atoms with Crippen LogP contribution >= 0.6 is 11.6 Å². The molecular formula is C20H27ClN4O3. The van der Waals surface area contributed by atoms with Crippen molar-refractivity contribution >= 4 is 29.3 Å². The lowest BCUT2D eigenvalue weighted by atomic mass is 9.87. The van der Waals surface area contributed by atoms with E-state index in [2.05, 4.69) is 27.0 Å². The molecule has 2 aliphatic heterocycles. The highest BCUT2D eigenvalue weighted by Crippen LogP contribution is 2.29. The first-order valence-electron chi connectivity index (χ1n) is 9.76. The van der Waals surface area contributed by atoms with E-state index in [1.807, 2.05) is 12.1 Å². The molecule has 0 bridgehead atoms. The summed E-state index contributed by atoms with van der Waals surface area (Å²) in [5.74, 6) is -1.02. The van der Waals surface area contributed by atoms with Crippen LogP contribution in [-0.4, -0.2) is 73.4 Å². The molecule has 2 aliphatic rings. The van der Waals surface area contributed by atoms with E-state index in [9.17, 15) is 9.59 Å². The number of ether oxygens (including phenoxy) is 1. The second kappa shape index (κ2) is 9.49. The van der Waals surface area contributed by atoms with Gasteiger partial charge in [-0.3, -0.25) is 9.69 Å². The number of carbonyl (C=O) groups is 2. The van der Waals surface area contributed by atoms with Gasteiger partial charge in [0.05, 0.1) is 18.4 Å². The molecule has 2 unspecified atom stereocenters. The number of rotatable bonds is 6. The minimum atomic E-state index is -0.650. The van der Waals surface area contributed by atoms with Gasteiger partial charge in [-0.25, -0.2) is 9.79 Å². The highest BCUT2D eigenvalue weighted by molar-refractivity contribution is 6.30. The van der Waals surface area contributed by atoms with E-state index in [1.54, 1.807) is 19.1 Å². The van der Waals surface area contributed by atoms with Crippen molar-refractivity contribution in [1.29, 1.82) is 0 Å². The number of hydrogen-bond acceptors (Lipinski definition) is 5. The monoisotopic (exact) mass is 406 g/mol. The first-order valence-corrected chi connectivity index (χ1v) is 10.1. The van der Waals surface area contributed by atoms with Crippen molar-refractivity contribution in [2.75, 3.05) is 45.9 Å². The molecule has 2 amide bonds. The number of carbonyl (C=O) groups excluding carboxylic acids is 2. The average molecular weight is 407 g/mol. The second-order valence-electron chi connectivity index (χ2n) is 7.02. The molecule has 152 valence electrons. The summed E-state index contributed by atoms with van der Waals surface area (Å²) in [5.41, 5.74) is 1.37. The van der Waals surface area contributed by atoms with E-state index < -0.39 is 18.0 Å². The maximum absolute atomic E-state index is 12.8. The lowest BCUT2D eigenvalue weighted by Gasteiger charge is -2.37. The lowest BCUT2D eigenvalue weighted by Crippen LogP contribution is -2.52. The number of nitrogens with zero attached hydrogens (tertiary/aromatic N) is 3. The largest absolute Gasteiger partial charge is 0.465 e. The van der Waals surface area contributed by atoms with E-state index in [-0.39, 0.29) is 12.6 Å². The zero-order valence-electron chi connectivity index (χ0n) is 16.4. The number of aliphatic imine (C=N–C) groups is 1. The number of nitrogens with one attached hydrogen (secondary N) is 1. The third-order valence-electron chi connectivity index (χ3n) is 5.28. The second-order valence-corrected chi connectivity index (χ2v) is 7.46. The Labute approximate surface area is 170 Å². The van der Waals surface area contributed by atoms with Gasteiger partial charge in [0.2, 0.25) is 0 Å². The molecule has 2 atom stereocenters. The molecule has 1 N–H and O–H groups in total. The van der Waals surface area contributed by atoms with Gasteiger partial charge >= 0.3 is 12.0 Å². The zero-order valence-corrected chi connectivity index (χ0v) is 17.1. The van der Waals surface area contributed by atoms with Crippen LogP contribution in [0.1, 0.15) is 25.5 Å². The number of likely N-dealkylation sites (N-methyl/N-ethyl adjacent to an activating group) is 1. The molecule has 0 aromatic heterocycles. The van der Waals surface area contributed by atoms with E-state index in [0.29, 0.717) is 17.3 Å². The van der Waals surface area contributed by atoms with E-state index >= 15 is 0 Å². The zero-order chi connectivity index (χ0) is 20.1. The molecule has 0 saturated carbocycles. The van der Waals surface area contributed by atoms with Gasteiger partial charge in [-0.15, -0.1) is 0 Å². The SMILES string of the molecule is CCOC(=O)C1C(CN2CCN(CC)CC2)=NC(=O)NC1c1ccc(Cl)cc1. The Balaban J connectivity index is 1.84. The fourth-order valence-electron chi connectivity index (χ4n) is 3.72. The van der Waals surface area contributed by atoms with E-state index in [0.717, 1.165) is 38.3 Å². The van der Waals surface area contributed by atoms with Gasteiger partial charge < -0.3 is 15.0 Å². The number of piperazine rings is 1. The van der Waals surface area contributed by atoms with Crippen molar-refractivity contribution in [2.24, 2.45) is 10.9 Å². The third-order valence-corrected chi connectivity index (χ3v) is 5.54. The Morgan fingerprint density at radius 3 is 2.43 bits per heavy atom. The maximum atomic E-state index is 12.8. The molecule has 7 nitrogen and oxygen atoms in total. The molecule has 2 heterocycles. The topological polar surface area (TPSA) is 74.2 Å². The molecule has 0 aliphatic carbocycles. The van der Waals surface area contributed by atoms with Crippen molar-refractivity contribution < 1.29 is 14.3 Å². The minimum Gasteiger partial charge on any atom is -0.465 e. The lowest BCUT2D eigenvalue weighted by molar-refractivity contribution is -0.146. The van der Waals surface area contributed by atoms with Gasteiger partial charge in [-0.05, 0) is 31.2 Å². The Hall–Kier alpha value is -1.96. The van der Waals surface area contributed by atoms with Gasteiger partial charge in [-0.1, -0.05) is 30.7 Å². The average Bonchev–Trinajstić information content (AvgIpc) is 2.69. The molecule has 1 fully saturated rings. The number of urea groups is 1. The van der Waals surface area contributed by atoms with Gasteiger partial charge in [0.25, 0.3) is 0 Å². The standard InChI is InChI=1S/C20H27ClN4O3/c1-3-24-9-11-25(12-10-24)13-16-17(19(26)28-4-2)18(23-20(27)22-16)14-5-7-15(21)8-6-14/h5-8,17-18H,3-4,9-13H2,1-2H3,(H,23,27). The smallest absolute Gasteiger partial charge is 0.341 e. The molecule has 28 heavy (non-hydrogen) atoms. The van der Waals surface area contributed by atoms with E-state index in [1.165, 1.54) is 0 Å². The minimum absolute atomic E-state index is 0.277. The van der Waals surface area contributed by atoms with Crippen LogP contribution in [0.5, 0.6) is 0 Å². The van der Waals surface area contributed by atoms with Crippen molar-refractivity contribution in [3.63, 3.8) is 0 Å². The van der Waals surface area contributed by atoms with Crippen molar-refractivity contribution in [3.8, 4) is 0 Å². The van der Waals surface area contributed by atoms with Crippen LogP contribution in [-0.2, 0) is 9.53 Å². The van der Waals surface area contributed by atoms with Crippen LogP contribution in [0, 0.1) is 5.92 Å². The summed E-state index contributed by atoms with van der Waals surface area (Å²) in [6, 6.07) is 6.20. The molecule has 0 radical (unpaired) electrons. The van der Waals surface area contributed by atoms with Crippen LogP contribution < -0.4 is 5.32 Å². The predicted molar refractivity (Wildman–Crippen MR) is 109 cm³/mol. The van der Waals surface area contributed by atoms with Crippen LogP contribution in [0.4, 0.5) is 4.79 Å². The van der Waals surface area contributed by atoms with Gasteiger partial charge in [0, 0.05) is 37.7 Å². The molecule has 1 aromatic carbocycles. The Morgan fingerprint density at radius 2 is 1.82 bits per heavy atom. The molecular weight excluding hydrogens is 380 g/mol. The number of esters is 1. The third kappa shape index (κ3) is 4.90. The molecule has 3 rings (SSSR count). The van der Waals surface area contributed by atoms with Crippen molar-refractivity contribution in [1.82, 2.24) is 15.1 Å². The maximum Gasteiger partial charge on any atom is 0.341 e. The highest BCUT2D eigenvalue weighted by Gasteiger charge is 2.40. The summed E-state index contributed by atoms with van der Waals surface area (Å²) in [6.45, 7) is 9.43. The van der Waals surface area contributed by atoms with Crippen LogP contribution in [0.25, 0.3) is 0 Å². The quantitative estimate of drug-likeness (QED) is 0.734. The van der Waals surface area contributed by atoms with Crippen LogP contribution in [0.3, 0.4) is 0 Å². The molecule has 1 saturated heterocycles. The van der Waals surface area contributed by atoms with Crippen molar-refractivity contribution in [3.05, 3.63) is 34.9 Å². The Morgan fingerprint density at radius 1 is 1.18 bits per heavy atom. The molecule has 8 heteroatoms. The summed E-state index contributed by atoms with van der Waals surface area (Å²) < 4.78 is 5.32. The summed E-state index contributed by atoms with van der Waals surface area (Å²) in [6.07, 6.45) is 0. The summed E-state index contributed by atoms with van der Waals surface area (Å²) in [5, 5.41) is 3.43. The van der Waals surface area contributed by atoms with Crippen LogP contribution in [0.2, 0.25) is 5.02 Å². The molecule has 0 spiro atoms. The molecule has 1 aromatic rings. The summed E-state index contributed by atoms with van der Waals surface area (Å²) in [4.78, 5) is 33.9. The van der Waals surface area contributed by atoms with Gasteiger partial charge in [-0.2, -0.15) is 0 Å². The normalized spacial score (nSPS) is 23.8. The first kappa shape index (κ1) is 20.8. The number of halogens is 1. The summed E-state index contributed by atoms with van der Waals surface area (Å²) >= 11 is 6.00. The Bertz CT molecular complexity index is 729. The highest BCUT2D eigenvalue weighted by atomic mass is 35.5. The number of benzene rings is 1. The van der Waals surface area contributed by atoms with E-state index in [4.69, 9.17) is 16.3 Å². The number of hydrogen-bond donors (Lipinski definition) is 1.